The number of rotatable bonds is 8. The van der Waals surface area contributed by atoms with Gasteiger partial charge in [-0.25, -0.2) is 0 Å². The van der Waals surface area contributed by atoms with Crippen LogP contribution >= 0.6 is 0 Å². The van der Waals surface area contributed by atoms with E-state index in [1.165, 1.54) is 38.5 Å². The number of hydrogen-bond acceptors (Lipinski definition) is 3. The van der Waals surface area contributed by atoms with Gasteiger partial charge in [0.05, 0.1) is 13.2 Å². The predicted octanol–water partition coefficient (Wildman–Crippen LogP) is 2.60. The summed E-state index contributed by atoms with van der Waals surface area (Å²) < 4.78 is 10.5. The molecular weight excluding hydrogens is 238 g/mol. The highest BCUT2D eigenvalue weighted by Gasteiger charge is 2.50. The molecule has 19 heavy (non-hydrogen) atoms. The summed E-state index contributed by atoms with van der Waals surface area (Å²) in [5, 5.41) is 3.91. The molecular formula is C16H29NO2. The second-order valence-corrected chi connectivity index (χ2v) is 7.08. The molecule has 1 N–H and O–H groups in total. The molecule has 4 bridgehead atoms. The van der Waals surface area contributed by atoms with Gasteiger partial charge in [0, 0.05) is 19.3 Å². The Morgan fingerprint density at radius 1 is 0.947 bits per heavy atom. The molecule has 0 aromatic carbocycles. The van der Waals surface area contributed by atoms with Crippen LogP contribution in [-0.2, 0) is 9.47 Å². The largest absolute Gasteiger partial charge is 0.382 e. The zero-order chi connectivity index (χ0) is 13.1. The number of hydrogen-bond donors (Lipinski definition) is 1. The van der Waals surface area contributed by atoms with E-state index in [4.69, 9.17) is 9.47 Å². The minimum absolute atomic E-state index is 0.515. The van der Waals surface area contributed by atoms with Crippen LogP contribution in [0.4, 0.5) is 0 Å². The van der Waals surface area contributed by atoms with Gasteiger partial charge in [0.2, 0.25) is 0 Å². The molecule has 4 saturated carbocycles. The molecule has 0 amide bonds. The molecule has 0 aliphatic heterocycles. The maximum absolute atomic E-state index is 5.53. The second kappa shape index (κ2) is 6.11. The van der Waals surface area contributed by atoms with Crippen molar-refractivity contribution in [1.29, 1.82) is 0 Å². The van der Waals surface area contributed by atoms with Crippen LogP contribution in [0.1, 0.15) is 44.9 Å². The van der Waals surface area contributed by atoms with Crippen LogP contribution in [0.5, 0.6) is 0 Å². The molecule has 0 heterocycles. The van der Waals surface area contributed by atoms with Gasteiger partial charge in [-0.05, 0) is 69.2 Å². The molecule has 4 aliphatic rings. The molecule has 4 fully saturated rings. The summed E-state index contributed by atoms with van der Waals surface area (Å²) in [6.45, 7) is 3.43. The first kappa shape index (κ1) is 13.8. The van der Waals surface area contributed by atoms with Crippen molar-refractivity contribution >= 4 is 0 Å². The van der Waals surface area contributed by atoms with Crippen LogP contribution in [0.15, 0.2) is 0 Å². The summed E-state index contributed by atoms with van der Waals surface area (Å²) in [5.41, 5.74) is 0.515. The van der Waals surface area contributed by atoms with Crippen molar-refractivity contribution in [2.75, 3.05) is 33.5 Å². The van der Waals surface area contributed by atoms with Crippen LogP contribution in [0.25, 0.3) is 0 Å². The van der Waals surface area contributed by atoms with Gasteiger partial charge in [-0.15, -0.1) is 0 Å². The first-order valence-corrected chi connectivity index (χ1v) is 8.11. The summed E-state index contributed by atoms with van der Waals surface area (Å²) in [6.07, 6.45) is 10.1. The molecule has 0 spiro atoms. The highest BCUT2D eigenvalue weighted by atomic mass is 16.5. The predicted molar refractivity (Wildman–Crippen MR) is 76.2 cm³/mol. The van der Waals surface area contributed by atoms with E-state index in [-0.39, 0.29) is 0 Å². The Hall–Kier alpha value is -0.120. The normalized spacial score (nSPS) is 39.9. The molecule has 0 aromatic rings. The third-order valence-corrected chi connectivity index (χ3v) is 5.44. The minimum Gasteiger partial charge on any atom is -0.382 e. The van der Waals surface area contributed by atoms with Crippen LogP contribution in [0.2, 0.25) is 0 Å². The van der Waals surface area contributed by atoms with Gasteiger partial charge in [-0.2, -0.15) is 0 Å². The fourth-order valence-electron chi connectivity index (χ4n) is 5.10. The summed E-state index contributed by atoms with van der Waals surface area (Å²) >= 11 is 0. The molecule has 3 heteroatoms. The van der Waals surface area contributed by atoms with Crippen LogP contribution in [0.3, 0.4) is 0 Å². The average molecular weight is 267 g/mol. The highest BCUT2D eigenvalue weighted by Crippen LogP contribution is 2.55. The lowest BCUT2D eigenvalue weighted by molar-refractivity contribution is -0.0206. The fraction of sp³-hybridized carbons (Fsp3) is 1.00. The smallest absolute Gasteiger partial charge is 0.0700 e. The molecule has 0 atom stereocenters. The van der Waals surface area contributed by atoms with E-state index in [1.807, 2.05) is 0 Å². The van der Waals surface area contributed by atoms with E-state index in [0.29, 0.717) is 12.1 Å². The van der Waals surface area contributed by atoms with Crippen molar-refractivity contribution < 1.29 is 9.47 Å². The Balaban J connectivity index is 1.36. The molecule has 0 aromatic heterocycles. The molecule has 0 unspecified atom stereocenters. The number of methoxy groups -OCH3 is 1. The van der Waals surface area contributed by atoms with Crippen LogP contribution in [0, 0.1) is 17.8 Å². The zero-order valence-corrected chi connectivity index (χ0v) is 12.3. The highest BCUT2D eigenvalue weighted by molar-refractivity contribution is 5.06. The second-order valence-electron chi connectivity index (χ2n) is 7.08. The van der Waals surface area contributed by atoms with E-state index >= 15 is 0 Å². The van der Waals surface area contributed by atoms with Crippen molar-refractivity contribution in [3.8, 4) is 0 Å². The van der Waals surface area contributed by atoms with Crippen molar-refractivity contribution in [3.63, 3.8) is 0 Å². The molecule has 0 saturated heterocycles. The van der Waals surface area contributed by atoms with Crippen LogP contribution in [-0.4, -0.2) is 39.0 Å². The summed E-state index contributed by atoms with van der Waals surface area (Å²) in [4.78, 5) is 0. The van der Waals surface area contributed by atoms with Gasteiger partial charge in [0.25, 0.3) is 0 Å². The summed E-state index contributed by atoms with van der Waals surface area (Å²) in [7, 11) is 1.72. The Morgan fingerprint density at radius 3 is 2.16 bits per heavy atom. The van der Waals surface area contributed by atoms with Crippen molar-refractivity contribution in [3.05, 3.63) is 0 Å². The maximum atomic E-state index is 5.53. The number of ether oxygens (including phenoxy) is 2. The summed E-state index contributed by atoms with van der Waals surface area (Å²) in [5.74, 6) is 3.12. The van der Waals surface area contributed by atoms with Gasteiger partial charge in [0.1, 0.15) is 0 Å². The van der Waals surface area contributed by atoms with E-state index in [0.717, 1.165) is 43.9 Å². The Labute approximate surface area is 117 Å². The molecule has 3 nitrogen and oxygen atoms in total. The lowest BCUT2D eigenvalue weighted by Crippen LogP contribution is -2.58. The Kier molecular flexibility index (Phi) is 4.45. The Bertz CT molecular complexity index is 257. The molecule has 110 valence electrons. The lowest BCUT2D eigenvalue weighted by atomic mass is 9.53. The van der Waals surface area contributed by atoms with Gasteiger partial charge in [-0.3, -0.25) is 0 Å². The van der Waals surface area contributed by atoms with Gasteiger partial charge < -0.3 is 14.8 Å². The van der Waals surface area contributed by atoms with E-state index in [2.05, 4.69) is 5.32 Å². The Morgan fingerprint density at radius 2 is 1.58 bits per heavy atom. The first-order chi connectivity index (χ1) is 9.30. The third kappa shape index (κ3) is 3.32. The maximum Gasteiger partial charge on any atom is 0.0700 e. The molecule has 4 aliphatic carbocycles. The van der Waals surface area contributed by atoms with Crippen molar-refractivity contribution in [2.45, 2.75) is 50.5 Å². The van der Waals surface area contributed by atoms with Crippen molar-refractivity contribution in [1.82, 2.24) is 5.32 Å². The summed E-state index contributed by atoms with van der Waals surface area (Å²) in [6, 6.07) is 0. The van der Waals surface area contributed by atoms with E-state index < -0.39 is 0 Å². The van der Waals surface area contributed by atoms with E-state index in [1.54, 1.807) is 7.11 Å². The third-order valence-electron chi connectivity index (χ3n) is 5.44. The molecule has 4 rings (SSSR count). The lowest BCUT2D eigenvalue weighted by Gasteiger charge is -2.57. The van der Waals surface area contributed by atoms with Crippen LogP contribution < -0.4 is 5.32 Å². The minimum atomic E-state index is 0.515. The van der Waals surface area contributed by atoms with E-state index in [9.17, 15) is 0 Å². The first-order valence-electron chi connectivity index (χ1n) is 8.11. The average Bonchev–Trinajstić information content (AvgIpc) is 2.36. The monoisotopic (exact) mass is 267 g/mol. The SMILES string of the molecule is COCCOCCCNC12CC3CC(CC(C3)C1)C2. The topological polar surface area (TPSA) is 30.5 Å². The zero-order valence-electron chi connectivity index (χ0n) is 12.3. The molecule has 0 radical (unpaired) electrons. The van der Waals surface area contributed by atoms with Gasteiger partial charge >= 0.3 is 0 Å². The standard InChI is InChI=1S/C16H29NO2/c1-18-5-6-19-4-2-3-17-16-10-13-7-14(11-16)9-15(8-13)12-16/h13-15,17H,2-12H2,1H3. The van der Waals surface area contributed by atoms with Gasteiger partial charge in [0.15, 0.2) is 0 Å². The van der Waals surface area contributed by atoms with Gasteiger partial charge in [-0.1, -0.05) is 0 Å². The fourth-order valence-corrected chi connectivity index (χ4v) is 5.10. The number of nitrogens with one attached hydrogen (secondary N) is 1. The van der Waals surface area contributed by atoms with Crippen molar-refractivity contribution in [2.24, 2.45) is 17.8 Å². The quantitative estimate of drug-likeness (QED) is 0.686.